The summed E-state index contributed by atoms with van der Waals surface area (Å²) in [4.78, 5) is 17.1. The van der Waals surface area contributed by atoms with Gasteiger partial charge in [0, 0.05) is 37.1 Å². The molecule has 0 radical (unpaired) electrons. The van der Waals surface area contributed by atoms with E-state index in [0.717, 1.165) is 44.6 Å². The van der Waals surface area contributed by atoms with Crippen LogP contribution >= 0.6 is 0 Å². The Morgan fingerprint density at radius 2 is 1.82 bits per heavy atom. The van der Waals surface area contributed by atoms with E-state index in [2.05, 4.69) is 53.3 Å². The van der Waals surface area contributed by atoms with Crippen LogP contribution in [0.15, 0.2) is 36.4 Å². The van der Waals surface area contributed by atoms with Crippen molar-refractivity contribution in [2.75, 3.05) is 29.9 Å². The fourth-order valence-electron chi connectivity index (χ4n) is 3.84. The van der Waals surface area contributed by atoms with Gasteiger partial charge in [0.25, 0.3) is 5.91 Å². The number of benzene rings is 1. The summed E-state index contributed by atoms with van der Waals surface area (Å²) in [6.07, 6.45) is 4.34. The third-order valence-corrected chi connectivity index (χ3v) is 5.51. The molecule has 1 aliphatic rings. The van der Waals surface area contributed by atoms with Gasteiger partial charge < -0.3 is 15.1 Å². The third kappa shape index (κ3) is 4.61. The Bertz CT molecular complexity index is 756. The molecule has 1 aromatic heterocycles. The van der Waals surface area contributed by atoms with Crippen LogP contribution in [0, 0.1) is 0 Å². The van der Waals surface area contributed by atoms with Crippen LogP contribution in [0.3, 0.4) is 0 Å². The number of likely N-dealkylation sites (tertiary alicyclic amines) is 1. The Morgan fingerprint density at radius 1 is 1.07 bits per heavy atom. The lowest BCUT2D eigenvalue weighted by molar-refractivity contribution is 0.0601. The zero-order valence-electron chi connectivity index (χ0n) is 17.2. The molecule has 1 aliphatic heterocycles. The zero-order chi connectivity index (χ0) is 19.9. The molecule has 0 spiro atoms. The maximum absolute atomic E-state index is 12.8. The summed E-state index contributed by atoms with van der Waals surface area (Å²) in [6.45, 7) is 9.24. The molecular formula is C22H31N5O. The maximum Gasteiger partial charge on any atom is 0.274 e. The molecule has 1 atom stereocenters. The minimum atomic E-state index is -0.00539. The topological polar surface area (TPSA) is 61.4 Å². The first kappa shape index (κ1) is 20.1. The number of rotatable bonds is 7. The second-order valence-electron chi connectivity index (χ2n) is 7.20. The van der Waals surface area contributed by atoms with Crippen LogP contribution < -0.4 is 10.2 Å². The number of nitrogens with one attached hydrogen (secondary N) is 1. The van der Waals surface area contributed by atoms with Crippen LogP contribution in [0.4, 0.5) is 17.2 Å². The first-order valence-corrected chi connectivity index (χ1v) is 10.4. The van der Waals surface area contributed by atoms with Crippen molar-refractivity contribution in [1.82, 2.24) is 15.1 Å². The molecule has 0 bridgehead atoms. The van der Waals surface area contributed by atoms with Crippen LogP contribution in [-0.4, -0.2) is 46.7 Å². The van der Waals surface area contributed by atoms with Crippen molar-refractivity contribution in [2.24, 2.45) is 0 Å². The molecule has 2 heterocycles. The third-order valence-electron chi connectivity index (χ3n) is 5.51. The Balaban J connectivity index is 1.65. The van der Waals surface area contributed by atoms with Crippen molar-refractivity contribution in [3.05, 3.63) is 42.1 Å². The van der Waals surface area contributed by atoms with Crippen LogP contribution in [0.25, 0.3) is 0 Å². The summed E-state index contributed by atoms with van der Waals surface area (Å²) in [6, 6.07) is 12.2. The van der Waals surface area contributed by atoms with E-state index in [1.807, 2.05) is 23.1 Å². The summed E-state index contributed by atoms with van der Waals surface area (Å²) in [7, 11) is 0. The average molecular weight is 382 g/mol. The predicted octanol–water partition coefficient (Wildman–Crippen LogP) is 4.47. The molecular weight excluding hydrogens is 350 g/mol. The standard InChI is InChI=1S/C22H31N5O/c1-4-18-9-7-8-16-27(18)22(28)20-14-15-21(25-24-20)23-17-10-12-19(13-11-17)26(5-2)6-3/h10-15,18H,4-9,16H2,1-3H3,(H,23,25). The smallest absolute Gasteiger partial charge is 0.274 e. The summed E-state index contributed by atoms with van der Waals surface area (Å²) < 4.78 is 0. The number of carbonyl (C=O) groups is 1. The zero-order valence-corrected chi connectivity index (χ0v) is 17.2. The number of carbonyl (C=O) groups excluding carboxylic acids is 1. The number of hydrogen-bond acceptors (Lipinski definition) is 5. The van der Waals surface area contributed by atoms with Crippen molar-refractivity contribution >= 4 is 23.1 Å². The van der Waals surface area contributed by atoms with Crippen molar-refractivity contribution in [2.45, 2.75) is 52.5 Å². The summed E-state index contributed by atoms with van der Waals surface area (Å²) >= 11 is 0. The molecule has 0 saturated carbocycles. The van der Waals surface area contributed by atoms with Gasteiger partial charge in [-0.15, -0.1) is 10.2 Å². The molecule has 1 amide bonds. The lowest BCUT2D eigenvalue weighted by Crippen LogP contribution is -2.43. The second kappa shape index (κ2) is 9.53. The Morgan fingerprint density at radius 3 is 2.43 bits per heavy atom. The summed E-state index contributed by atoms with van der Waals surface area (Å²) in [5.74, 6) is 0.631. The predicted molar refractivity (Wildman–Crippen MR) is 114 cm³/mol. The average Bonchev–Trinajstić information content (AvgIpc) is 2.76. The molecule has 3 rings (SSSR count). The van der Waals surface area contributed by atoms with E-state index in [9.17, 15) is 4.79 Å². The largest absolute Gasteiger partial charge is 0.372 e. The van der Waals surface area contributed by atoms with Gasteiger partial charge in [-0.3, -0.25) is 4.79 Å². The van der Waals surface area contributed by atoms with Crippen molar-refractivity contribution < 1.29 is 4.79 Å². The molecule has 1 N–H and O–H groups in total. The molecule has 1 aromatic carbocycles. The van der Waals surface area contributed by atoms with E-state index in [1.165, 1.54) is 12.1 Å². The molecule has 1 saturated heterocycles. The molecule has 150 valence electrons. The van der Waals surface area contributed by atoms with Gasteiger partial charge in [0.2, 0.25) is 0 Å². The second-order valence-corrected chi connectivity index (χ2v) is 7.20. The summed E-state index contributed by atoms with van der Waals surface area (Å²) in [5.41, 5.74) is 2.57. The lowest BCUT2D eigenvalue weighted by atomic mass is 9.99. The number of anilines is 3. The molecule has 0 aliphatic carbocycles. The Labute approximate surface area is 168 Å². The highest BCUT2D eigenvalue weighted by atomic mass is 16.2. The normalized spacial score (nSPS) is 16.7. The minimum Gasteiger partial charge on any atom is -0.372 e. The fourth-order valence-corrected chi connectivity index (χ4v) is 3.84. The summed E-state index contributed by atoms with van der Waals surface area (Å²) in [5, 5.41) is 11.6. The first-order chi connectivity index (χ1) is 13.7. The Kier molecular flexibility index (Phi) is 6.85. The van der Waals surface area contributed by atoms with Gasteiger partial charge in [-0.1, -0.05) is 6.92 Å². The van der Waals surface area contributed by atoms with Gasteiger partial charge in [0.05, 0.1) is 0 Å². The molecule has 2 aromatic rings. The number of nitrogens with zero attached hydrogens (tertiary/aromatic N) is 4. The highest BCUT2D eigenvalue weighted by Gasteiger charge is 2.27. The van der Waals surface area contributed by atoms with Gasteiger partial charge in [0.15, 0.2) is 11.5 Å². The van der Waals surface area contributed by atoms with Crippen molar-refractivity contribution in [1.29, 1.82) is 0 Å². The minimum absolute atomic E-state index is 0.00539. The van der Waals surface area contributed by atoms with Crippen LogP contribution in [0.1, 0.15) is 56.9 Å². The number of aromatic nitrogens is 2. The highest BCUT2D eigenvalue weighted by Crippen LogP contribution is 2.22. The van der Waals surface area contributed by atoms with E-state index in [0.29, 0.717) is 17.6 Å². The van der Waals surface area contributed by atoms with Gasteiger partial charge in [0.1, 0.15) is 0 Å². The number of hydrogen-bond donors (Lipinski definition) is 1. The van der Waals surface area contributed by atoms with E-state index >= 15 is 0 Å². The number of piperidine rings is 1. The fraction of sp³-hybridized carbons (Fsp3) is 0.500. The number of amides is 1. The SMILES string of the molecule is CCC1CCCCN1C(=O)c1ccc(Nc2ccc(N(CC)CC)cc2)nn1. The molecule has 6 nitrogen and oxygen atoms in total. The molecule has 28 heavy (non-hydrogen) atoms. The maximum atomic E-state index is 12.8. The van der Waals surface area contributed by atoms with Crippen LogP contribution in [0.5, 0.6) is 0 Å². The highest BCUT2D eigenvalue weighted by molar-refractivity contribution is 5.92. The lowest BCUT2D eigenvalue weighted by Gasteiger charge is -2.34. The van der Waals surface area contributed by atoms with Crippen LogP contribution in [-0.2, 0) is 0 Å². The molecule has 6 heteroatoms. The van der Waals surface area contributed by atoms with Crippen molar-refractivity contribution in [3.8, 4) is 0 Å². The monoisotopic (exact) mass is 381 g/mol. The Hall–Kier alpha value is -2.63. The van der Waals surface area contributed by atoms with E-state index in [1.54, 1.807) is 6.07 Å². The van der Waals surface area contributed by atoms with E-state index < -0.39 is 0 Å². The van der Waals surface area contributed by atoms with Gasteiger partial charge >= 0.3 is 0 Å². The van der Waals surface area contributed by atoms with E-state index in [-0.39, 0.29) is 5.91 Å². The first-order valence-electron chi connectivity index (χ1n) is 10.4. The van der Waals surface area contributed by atoms with Gasteiger partial charge in [-0.25, -0.2) is 0 Å². The van der Waals surface area contributed by atoms with Gasteiger partial charge in [-0.2, -0.15) is 0 Å². The van der Waals surface area contributed by atoms with Gasteiger partial charge in [-0.05, 0) is 75.9 Å². The van der Waals surface area contributed by atoms with Crippen molar-refractivity contribution in [3.63, 3.8) is 0 Å². The van der Waals surface area contributed by atoms with Crippen LogP contribution in [0.2, 0.25) is 0 Å². The molecule has 1 fully saturated rings. The quantitative estimate of drug-likeness (QED) is 0.767. The molecule has 1 unspecified atom stereocenters. The van der Waals surface area contributed by atoms with E-state index in [4.69, 9.17) is 0 Å².